The SMILES string of the molecule is O=C(C=CC(F)(F)F)C=CC(F)(F)F. The summed E-state index contributed by atoms with van der Waals surface area (Å²) >= 11 is 0. The number of carbonyl (C=O) groups is 1. The minimum absolute atomic E-state index is 0.0161. The lowest BCUT2D eigenvalue weighted by Crippen LogP contribution is -2.04. The molecule has 0 spiro atoms. The van der Waals surface area contributed by atoms with Gasteiger partial charge in [-0.15, -0.1) is 0 Å². The van der Waals surface area contributed by atoms with E-state index in [1.165, 1.54) is 0 Å². The number of rotatable bonds is 2. The molecule has 0 amide bonds. The van der Waals surface area contributed by atoms with Gasteiger partial charge in [0.15, 0.2) is 5.78 Å². The molecule has 0 aromatic carbocycles. The van der Waals surface area contributed by atoms with Crippen LogP contribution in [0.5, 0.6) is 0 Å². The van der Waals surface area contributed by atoms with Gasteiger partial charge in [0.2, 0.25) is 0 Å². The van der Waals surface area contributed by atoms with E-state index in [0.29, 0.717) is 0 Å². The van der Waals surface area contributed by atoms with E-state index in [0.717, 1.165) is 0 Å². The fourth-order valence-corrected chi connectivity index (χ4v) is 0.409. The van der Waals surface area contributed by atoms with E-state index in [1.807, 2.05) is 0 Å². The van der Waals surface area contributed by atoms with Crippen molar-refractivity contribution in [2.75, 3.05) is 0 Å². The Morgan fingerprint density at radius 1 is 0.786 bits per heavy atom. The molecular weight excluding hydrogens is 214 g/mol. The highest BCUT2D eigenvalue weighted by molar-refractivity contribution is 5.99. The zero-order valence-corrected chi connectivity index (χ0v) is 6.49. The second kappa shape index (κ2) is 4.30. The van der Waals surface area contributed by atoms with Gasteiger partial charge in [0.1, 0.15) is 0 Å². The molecule has 0 atom stereocenters. The Labute approximate surface area is 74.7 Å². The van der Waals surface area contributed by atoms with E-state index in [2.05, 4.69) is 0 Å². The first-order valence-electron chi connectivity index (χ1n) is 3.16. The first kappa shape index (κ1) is 12.7. The molecule has 0 fully saturated rings. The topological polar surface area (TPSA) is 17.1 Å². The maximum Gasteiger partial charge on any atom is 0.409 e. The van der Waals surface area contributed by atoms with Gasteiger partial charge in [0, 0.05) is 12.2 Å². The maximum atomic E-state index is 11.4. The van der Waals surface area contributed by atoms with Crippen LogP contribution in [-0.4, -0.2) is 18.1 Å². The van der Waals surface area contributed by atoms with Crippen LogP contribution in [0.1, 0.15) is 0 Å². The third-order valence-corrected chi connectivity index (χ3v) is 0.873. The van der Waals surface area contributed by atoms with Gasteiger partial charge in [-0.05, 0) is 12.2 Å². The maximum absolute atomic E-state index is 11.4. The van der Waals surface area contributed by atoms with E-state index in [9.17, 15) is 31.1 Å². The van der Waals surface area contributed by atoms with Crippen LogP contribution < -0.4 is 0 Å². The van der Waals surface area contributed by atoms with E-state index in [-0.39, 0.29) is 12.2 Å². The van der Waals surface area contributed by atoms with Crippen LogP contribution in [0.25, 0.3) is 0 Å². The minimum atomic E-state index is -4.71. The molecule has 14 heavy (non-hydrogen) atoms. The van der Waals surface area contributed by atoms with E-state index < -0.39 is 30.3 Å². The highest BCUT2D eigenvalue weighted by Gasteiger charge is 2.24. The molecule has 7 heteroatoms. The van der Waals surface area contributed by atoms with Crippen molar-refractivity contribution in [1.29, 1.82) is 0 Å². The number of allylic oxidation sites excluding steroid dienone is 4. The van der Waals surface area contributed by atoms with Crippen LogP contribution in [0.15, 0.2) is 24.3 Å². The molecule has 1 nitrogen and oxygen atoms in total. The Morgan fingerprint density at radius 2 is 1.07 bits per heavy atom. The zero-order chi connectivity index (χ0) is 11.4. The zero-order valence-electron chi connectivity index (χ0n) is 6.49. The average molecular weight is 218 g/mol. The predicted molar refractivity (Wildman–Crippen MR) is 35.4 cm³/mol. The molecule has 0 unspecified atom stereocenters. The molecule has 0 rings (SSSR count). The van der Waals surface area contributed by atoms with Crippen LogP contribution in [0.2, 0.25) is 0 Å². The van der Waals surface area contributed by atoms with Crippen molar-refractivity contribution in [3.05, 3.63) is 24.3 Å². The number of hydrogen-bond donors (Lipinski definition) is 0. The van der Waals surface area contributed by atoms with Gasteiger partial charge in [0.25, 0.3) is 0 Å². The molecule has 0 aliphatic rings. The average Bonchev–Trinajstić information content (AvgIpc) is 1.94. The van der Waals surface area contributed by atoms with Gasteiger partial charge in [-0.3, -0.25) is 4.79 Å². The second-order valence-corrected chi connectivity index (χ2v) is 2.15. The molecule has 0 aliphatic carbocycles. The van der Waals surface area contributed by atoms with E-state index in [1.54, 1.807) is 0 Å². The van der Waals surface area contributed by atoms with Crippen LogP contribution in [0.3, 0.4) is 0 Å². The number of carbonyl (C=O) groups excluding carboxylic acids is 1. The van der Waals surface area contributed by atoms with Crippen molar-refractivity contribution >= 4 is 5.78 Å². The van der Waals surface area contributed by atoms with Gasteiger partial charge in [0.05, 0.1) is 0 Å². The third-order valence-electron chi connectivity index (χ3n) is 0.873. The molecule has 80 valence electrons. The van der Waals surface area contributed by atoms with Gasteiger partial charge in [-0.2, -0.15) is 26.3 Å². The molecular formula is C7H4F6O. The summed E-state index contributed by atoms with van der Waals surface area (Å²) in [6, 6.07) is 0. The number of hydrogen-bond acceptors (Lipinski definition) is 1. The summed E-state index contributed by atoms with van der Waals surface area (Å²) in [6.07, 6.45) is -10.2. The van der Waals surface area contributed by atoms with Gasteiger partial charge < -0.3 is 0 Å². The number of alkyl halides is 6. The molecule has 0 radical (unpaired) electrons. The lowest BCUT2D eigenvalue weighted by molar-refractivity contribution is -0.112. The highest BCUT2D eigenvalue weighted by atomic mass is 19.4. The summed E-state index contributed by atoms with van der Waals surface area (Å²) in [4.78, 5) is 10.4. The molecule has 0 aromatic rings. The summed E-state index contributed by atoms with van der Waals surface area (Å²) in [7, 11) is 0. The third kappa shape index (κ3) is 8.82. The van der Waals surface area contributed by atoms with E-state index in [4.69, 9.17) is 0 Å². The molecule has 0 aliphatic heterocycles. The van der Waals surface area contributed by atoms with Crippen molar-refractivity contribution in [3.63, 3.8) is 0 Å². The predicted octanol–water partition coefficient (Wildman–Crippen LogP) is 2.79. The highest BCUT2D eigenvalue weighted by Crippen LogP contribution is 2.17. The van der Waals surface area contributed by atoms with Gasteiger partial charge in [-0.1, -0.05) is 0 Å². The minimum Gasteiger partial charge on any atom is -0.290 e. The molecule has 0 N–H and O–H groups in total. The fraction of sp³-hybridized carbons (Fsp3) is 0.286. The van der Waals surface area contributed by atoms with Crippen molar-refractivity contribution in [2.24, 2.45) is 0 Å². The molecule has 0 saturated carbocycles. The molecule has 0 heterocycles. The van der Waals surface area contributed by atoms with Gasteiger partial charge >= 0.3 is 12.4 Å². The smallest absolute Gasteiger partial charge is 0.290 e. The van der Waals surface area contributed by atoms with Crippen LogP contribution in [0, 0.1) is 0 Å². The summed E-state index contributed by atoms with van der Waals surface area (Å²) in [5.41, 5.74) is 0. The molecule has 0 saturated heterocycles. The lowest BCUT2D eigenvalue weighted by Gasteiger charge is -1.96. The Morgan fingerprint density at radius 3 is 1.29 bits per heavy atom. The first-order chi connectivity index (χ1) is 6.10. The normalized spacial score (nSPS) is 14.1. The summed E-state index contributed by atoms with van der Waals surface area (Å²) in [5.74, 6) is -1.38. The quantitative estimate of drug-likeness (QED) is 0.514. The van der Waals surface area contributed by atoms with Crippen molar-refractivity contribution < 1.29 is 31.1 Å². The lowest BCUT2D eigenvalue weighted by atomic mass is 10.3. The Hall–Kier alpha value is -1.27. The van der Waals surface area contributed by atoms with Crippen molar-refractivity contribution in [3.8, 4) is 0 Å². The Kier molecular flexibility index (Phi) is 3.91. The second-order valence-electron chi connectivity index (χ2n) is 2.15. The number of ketones is 1. The standard InChI is InChI=1S/C7H4F6O/c8-6(9,10)3-1-5(14)2-4-7(11,12)13/h1-4H. The molecule has 0 aromatic heterocycles. The Balaban J connectivity index is 4.27. The Bertz CT molecular complexity index is 230. The van der Waals surface area contributed by atoms with Crippen LogP contribution >= 0.6 is 0 Å². The van der Waals surface area contributed by atoms with Crippen LogP contribution in [-0.2, 0) is 4.79 Å². The summed E-state index contributed by atoms with van der Waals surface area (Å²) in [6.45, 7) is 0. The molecule has 0 bridgehead atoms. The fourth-order valence-electron chi connectivity index (χ4n) is 0.409. The van der Waals surface area contributed by atoms with Gasteiger partial charge in [-0.25, -0.2) is 0 Å². The van der Waals surface area contributed by atoms with Crippen molar-refractivity contribution in [1.82, 2.24) is 0 Å². The summed E-state index contributed by atoms with van der Waals surface area (Å²) < 4.78 is 68.4. The van der Waals surface area contributed by atoms with E-state index >= 15 is 0 Å². The van der Waals surface area contributed by atoms with Crippen LogP contribution in [0.4, 0.5) is 26.3 Å². The summed E-state index contributed by atoms with van der Waals surface area (Å²) in [5, 5.41) is 0. The first-order valence-corrected chi connectivity index (χ1v) is 3.16. The largest absolute Gasteiger partial charge is 0.409 e. The van der Waals surface area contributed by atoms with Crippen molar-refractivity contribution in [2.45, 2.75) is 12.4 Å². The monoisotopic (exact) mass is 218 g/mol. The number of halogens is 6.